The van der Waals surface area contributed by atoms with E-state index in [0.717, 1.165) is 34.7 Å². The number of rotatable bonds is 9. The summed E-state index contributed by atoms with van der Waals surface area (Å²) in [6.07, 6.45) is 3.30. The van der Waals surface area contributed by atoms with Crippen LogP contribution in [0.1, 0.15) is 41.6 Å². The molecule has 0 spiro atoms. The van der Waals surface area contributed by atoms with E-state index >= 15 is 0 Å². The minimum Gasteiger partial charge on any atom is -0.493 e. The Morgan fingerprint density at radius 2 is 1.64 bits per heavy atom. The van der Waals surface area contributed by atoms with Crippen LogP contribution >= 0.6 is 0 Å². The Hall–Kier alpha value is -3.52. The zero-order chi connectivity index (χ0) is 25.9. The number of hydrogen-bond donors (Lipinski definition) is 1. The molecule has 3 aromatic rings. The van der Waals surface area contributed by atoms with E-state index in [-0.39, 0.29) is 23.2 Å². The molecule has 0 aliphatic heterocycles. The Kier molecular flexibility index (Phi) is 7.54. The first-order valence-corrected chi connectivity index (χ1v) is 13.4. The van der Waals surface area contributed by atoms with Gasteiger partial charge in [0.25, 0.3) is 10.0 Å². The summed E-state index contributed by atoms with van der Waals surface area (Å²) in [6.45, 7) is 3.46. The van der Waals surface area contributed by atoms with E-state index in [4.69, 9.17) is 9.47 Å². The van der Waals surface area contributed by atoms with Crippen LogP contribution in [0.4, 0.5) is 5.69 Å². The van der Waals surface area contributed by atoms with Crippen LogP contribution in [-0.4, -0.2) is 35.1 Å². The number of carbonyl (C=O) groups is 1. The lowest BCUT2D eigenvalue weighted by molar-refractivity contribution is -0.120. The van der Waals surface area contributed by atoms with Gasteiger partial charge in [0.15, 0.2) is 11.5 Å². The molecule has 0 saturated heterocycles. The molecule has 3 aromatic carbocycles. The molecule has 1 amide bonds. The number of hydrogen-bond acceptors (Lipinski definition) is 5. The van der Waals surface area contributed by atoms with Crippen LogP contribution in [0.3, 0.4) is 0 Å². The average molecular weight is 509 g/mol. The molecule has 1 aliphatic rings. The largest absolute Gasteiger partial charge is 0.493 e. The van der Waals surface area contributed by atoms with E-state index in [9.17, 15) is 13.2 Å². The molecular formula is C28H32N2O5S. The second-order valence-electron chi connectivity index (χ2n) is 9.03. The quantitative estimate of drug-likeness (QED) is 0.458. The summed E-state index contributed by atoms with van der Waals surface area (Å²) < 4.78 is 39.2. The van der Waals surface area contributed by atoms with Gasteiger partial charge in [0.1, 0.15) is 6.54 Å². The topological polar surface area (TPSA) is 84.9 Å². The highest BCUT2D eigenvalue weighted by atomic mass is 32.2. The molecule has 0 bridgehead atoms. The average Bonchev–Trinajstić information content (AvgIpc) is 3.35. The second kappa shape index (κ2) is 10.6. The molecule has 7 nitrogen and oxygen atoms in total. The van der Waals surface area contributed by atoms with E-state index in [1.54, 1.807) is 12.1 Å². The third-order valence-corrected chi connectivity index (χ3v) is 8.32. The van der Waals surface area contributed by atoms with Crippen LogP contribution in [0.15, 0.2) is 65.6 Å². The lowest BCUT2D eigenvalue weighted by Gasteiger charge is -2.25. The van der Waals surface area contributed by atoms with Crippen molar-refractivity contribution >= 4 is 21.6 Å². The molecule has 190 valence electrons. The molecule has 0 fully saturated rings. The molecule has 0 unspecified atom stereocenters. The van der Waals surface area contributed by atoms with E-state index in [1.165, 1.54) is 43.5 Å². The number of nitrogens with one attached hydrogen (secondary N) is 1. The van der Waals surface area contributed by atoms with Crippen molar-refractivity contribution in [1.29, 1.82) is 0 Å². The van der Waals surface area contributed by atoms with Crippen LogP contribution in [0, 0.1) is 6.92 Å². The van der Waals surface area contributed by atoms with Crippen molar-refractivity contribution in [2.45, 2.75) is 44.0 Å². The van der Waals surface area contributed by atoms with Gasteiger partial charge in [-0.3, -0.25) is 9.10 Å². The van der Waals surface area contributed by atoms with Gasteiger partial charge in [-0.05, 0) is 74.1 Å². The predicted molar refractivity (Wildman–Crippen MR) is 140 cm³/mol. The highest BCUT2D eigenvalue weighted by molar-refractivity contribution is 7.92. The summed E-state index contributed by atoms with van der Waals surface area (Å²) in [5, 5.41) is 2.97. The molecule has 36 heavy (non-hydrogen) atoms. The standard InChI is InChI=1S/C28H32N2O5S/c1-19-8-12-24(13-9-19)30(36(32,33)25-14-15-26(34-3)27(17-25)35-4)18-28(31)29-20(2)22-11-10-21-6-5-7-23(21)16-22/h8-17,20H,5-7,18H2,1-4H3,(H,29,31)/t20-/m1/s1. The van der Waals surface area contributed by atoms with Gasteiger partial charge in [-0.25, -0.2) is 8.42 Å². The minimum atomic E-state index is -4.09. The van der Waals surface area contributed by atoms with Gasteiger partial charge in [-0.15, -0.1) is 0 Å². The number of methoxy groups -OCH3 is 2. The Bertz CT molecular complexity index is 1350. The second-order valence-corrected chi connectivity index (χ2v) is 10.9. The van der Waals surface area contributed by atoms with Gasteiger partial charge in [0, 0.05) is 6.07 Å². The monoisotopic (exact) mass is 508 g/mol. The molecule has 0 radical (unpaired) electrons. The number of anilines is 1. The Labute approximate surface area is 213 Å². The van der Waals surface area contributed by atoms with Gasteiger partial charge in [-0.1, -0.05) is 35.9 Å². The fourth-order valence-electron chi connectivity index (χ4n) is 4.49. The summed E-state index contributed by atoms with van der Waals surface area (Å²) >= 11 is 0. The number of ether oxygens (including phenoxy) is 2. The first-order valence-electron chi connectivity index (χ1n) is 12.0. The molecule has 0 heterocycles. The lowest BCUT2D eigenvalue weighted by atomic mass is 10.0. The minimum absolute atomic E-state index is 0.000181. The number of sulfonamides is 1. The van der Waals surface area contributed by atoms with Crippen LogP contribution in [0.5, 0.6) is 11.5 Å². The maximum atomic E-state index is 13.8. The summed E-state index contributed by atoms with van der Waals surface area (Å²) in [5.41, 5.74) is 5.08. The van der Waals surface area contributed by atoms with Gasteiger partial charge < -0.3 is 14.8 Å². The van der Waals surface area contributed by atoms with Crippen molar-refractivity contribution in [2.75, 3.05) is 25.1 Å². The fourth-order valence-corrected chi connectivity index (χ4v) is 5.93. The third-order valence-electron chi connectivity index (χ3n) is 6.55. The normalized spacial score (nSPS) is 13.6. The Morgan fingerprint density at radius 1 is 0.944 bits per heavy atom. The van der Waals surface area contributed by atoms with Crippen LogP contribution in [-0.2, 0) is 27.7 Å². The predicted octanol–water partition coefficient (Wildman–Crippen LogP) is 4.57. The van der Waals surface area contributed by atoms with Crippen molar-refractivity contribution in [3.8, 4) is 11.5 Å². The molecule has 1 atom stereocenters. The Morgan fingerprint density at radius 3 is 2.33 bits per heavy atom. The van der Waals surface area contributed by atoms with Crippen LogP contribution in [0.25, 0.3) is 0 Å². The number of aryl methyl sites for hydroxylation is 3. The molecular weight excluding hydrogens is 476 g/mol. The van der Waals surface area contributed by atoms with Gasteiger partial charge in [-0.2, -0.15) is 0 Å². The van der Waals surface area contributed by atoms with E-state index in [2.05, 4.69) is 17.4 Å². The molecule has 0 saturated carbocycles. The van der Waals surface area contributed by atoms with Crippen LogP contribution < -0.4 is 19.1 Å². The smallest absolute Gasteiger partial charge is 0.264 e. The van der Waals surface area contributed by atoms with Crippen molar-refractivity contribution < 1.29 is 22.7 Å². The summed E-state index contributed by atoms with van der Waals surface area (Å²) in [5.74, 6) is 0.309. The first-order chi connectivity index (χ1) is 17.2. The van der Waals surface area contributed by atoms with Crippen LogP contribution in [0.2, 0.25) is 0 Å². The number of amides is 1. The lowest BCUT2D eigenvalue weighted by Crippen LogP contribution is -2.41. The number of nitrogens with zero attached hydrogens (tertiary/aromatic N) is 1. The summed E-state index contributed by atoms with van der Waals surface area (Å²) in [6, 6.07) is 17.5. The van der Waals surface area contributed by atoms with E-state index < -0.39 is 15.9 Å². The third kappa shape index (κ3) is 5.33. The number of fused-ring (bicyclic) bond motifs is 1. The zero-order valence-corrected chi connectivity index (χ0v) is 21.9. The number of carbonyl (C=O) groups excluding carboxylic acids is 1. The molecule has 1 N–H and O–H groups in total. The van der Waals surface area contributed by atoms with Crippen molar-refractivity contribution in [3.63, 3.8) is 0 Å². The fraction of sp³-hybridized carbons (Fsp3) is 0.321. The summed E-state index contributed by atoms with van der Waals surface area (Å²) in [4.78, 5) is 13.2. The molecule has 4 rings (SSSR count). The highest BCUT2D eigenvalue weighted by Gasteiger charge is 2.29. The number of benzene rings is 3. The van der Waals surface area contributed by atoms with Gasteiger partial charge in [0.05, 0.1) is 30.8 Å². The SMILES string of the molecule is COc1ccc(S(=O)(=O)N(CC(=O)N[C@H](C)c2ccc3c(c2)CCC3)c2ccc(C)cc2)cc1OC. The van der Waals surface area contributed by atoms with E-state index in [0.29, 0.717) is 11.4 Å². The molecule has 0 aromatic heterocycles. The molecule has 1 aliphatic carbocycles. The first kappa shape index (κ1) is 25.6. The Balaban J connectivity index is 1.61. The van der Waals surface area contributed by atoms with Crippen molar-refractivity contribution in [1.82, 2.24) is 5.32 Å². The van der Waals surface area contributed by atoms with Crippen molar-refractivity contribution in [2.24, 2.45) is 0 Å². The van der Waals surface area contributed by atoms with Crippen molar-refractivity contribution in [3.05, 3.63) is 82.9 Å². The van der Waals surface area contributed by atoms with Gasteiger partial charge >= 0.3 is 0 Å². The van der Waals surface area contributed by atoms with E-state index in [1.807, 2.05) is 32.0 Å². The van der Waals surface area contributed by atoms with Gasteiger partial charge in [0.2, 0.25) is 5.91 Å². The zero-order valence-electron chi connectivity index (χ0n) is 21.1. The maximum Gasteiger partial charge on any atom is 0.264 e. The maximum absolute atomic E-state index is 13.8. The highest BCUT2D eigenvalue weighted by Crippen LogP contribution is 2.32. The summed E-state index contributed by atoms with van der Waals surface area (Å²) in [7, 11) is -1.16. The molecule has 8 heteroatoms.